The van der Waals surface area contributed by atoms with Gasteiger partial charge in [0.05, 0.1) is 6.61 Å². The molecular formula is C9H13NO2. The van der Waals surface area contributed by atoms with Crippen molar-refractivity contribution in [3.05, 3.63) is 23.0 Å². The summed E-state index contributed by atoms with van der Waals surface area (Å²) in [4.78, 5) is 14.1. The van der Waals surface area contributed by atoms with Gasteiger partial charge in [0, 0.05) is 6.20 Å². The number of hydrogen-bond donors (Lipinski definition) is 1. The van der Waals surface area contributed by atoms with E-state index in [0.717, 1.165) is 11.1 Å². The van der Waals surface area contributed by atoms with E-state index in [1.165, 1.54) is 0 Å². The average Bonchev–Trinajstić information content (AvgIpc) is 2.34. The van der Waals surface area contributed by atoms with Crippen LogP contribution >= 0.6 is 0 Å². The molecule has 66 valence electrons. The van der Waals surface area contributed by atoms with Crippen LogP contribution in [0.4, 0.5) is 0 Å². The van der Waals surface area contributed by atoms with Crippen LogP contribution in [0.25, 0.3) is 0 Å². The Bertz CT molecular complexity index is 289. The van der Waals surface area contributed by atoms with Crippen LogP contribution in [-0.2, 0) is 4.74 Å². The molecule has 0 spiro atoms. The van der Waals surface area contributed by atoms with Gasteiger partial charge in [-0.3, -0.25) is 0 Å². The van der Waals surface area contributed by atoms with E-state index in [1.807, 2.05) is 20.0 Å². The molecule has 1 aromatic heterocycles. The van der Waals surface area contributed by atoms with Gasteiger partial charge in [0.15, 0.2) is 0 Å². The van der Waals surface area contributed by atoms with Gasteiger partial charge >= 0.3 is 5.97 Å². The number of carbonyl (C=O) groups is 1. The zero-order valence-corrected chi connectivity index (χ0v) is 7.60. The molecule has 0 aliphatic carbocycles. The minimum absolute atomic E-state index is 0.275. The Labute approximate surface area is 71.7 Å². The highest BCUT2D eigenvalue weighted by Gasteiger charge is 2.12. The first-order valence-corrected chi connectivity index (χ1v) is 3.98. The number of esters is 1. The van der Waals surface area contributed by atoms with Crippen LogP contribution in [0.5, 0.6) is 0 Å². The summed E-state index contributed by atoms with van der Waals surface area (Å²) in [5, 5.41) is 0. The van der Waals surface area contributed by atoms with Gasteiger partial charge in [0.1, 0.15) is 5.69 Å². The summed E-state index contributed by atoms with van der Waals surface area (Å²) in [6.07, 6.45) is 1.81. The topological polar surface area (TPSA) is 42.1 Å². The van der Waals surface area contributed by atoms with Crippen LogP contribution in [0.1, 0.15) is 28.5 Å². The lowest BCUT2D eigenvalue weighted by Crippen LogP contribution is -2.06. The van der Waals surface area contributed by atoms with Gasteiger partial charge in [-0.25, -0.2) is 4.79 Å². The molecule has 0 saturated carbocycles. The van der Waals surface area contributed by atoms with Crippen LogP contribution in [0, 0.1) is 13.8 Å². The van der Waals surface area contributed by atoms with Gasteiger partial charge < -0.3 is 9.72 Å². The molecule has 1 rings (SSSR count). The Kier molecular flexibility index (Phi) is 2.53. The Morgan fingerprint density at radius 3 is 2.67 bits per heavy atom. The largest absolute Gasteiger partial charge is 0.461 e. The van der Waals surface area contributed by atoms with Crippen molar-refractivity contribution in [1.29, 1.82) is 0 Å². The first-order valence-electron chi connectivity index (χ1n) is 3.98. The number of rotatable bonds is 2. The van der Waals surface area contributed by atoms with Crippen molar-refractivity contribution in [2.24, 2.45) is 0 Å². The normalized spacial score (nSPS) is 9.92. The Hall–Kier alpha value is -1.25. The summed E-state index contributed by atoms with van der Waals surface area (Å²) in [5.41, 5.74) is 2.61. The zero-order chi connectivity index (χ0) is 9.14. The maximum absolute atomic E-state index is 11.2. The third kappa shape index (κ3) is 1.49. The third-order valence-electron chi connectivity index (χ3n) is 1.88. The van der Waals surface area contributed by atoms with E-state index in [1.54, 1.807) is 6.92 Å². The van der Waals surface area contributed by atoms with Crippen molar-refractivity contribution in [2.45, 2.75) is 20.8 Å². The standard InChI is InChI=1S/C9H13NO2/c1-4-12-9(11)8-7(3)6(2)5-10-8/h5,10H,4H2,1-3H3. The second kappa shape index (κ2) is 3.43. The third-order valence-corrected chi connectivity index (χ3v) is 1.88. The Balaban J connectivity index is 2.88. The van der Waals surface area contributed by atoms with Crippen molar-refractivity contribution in [3.63, 3.8) is 0 Å². The van der Waals surface area contributed by atoms with Crippen LogP contribution < -0.4 is 0 Å². The molecule has 1 aromatic rings. The number of H-pyrrole nitrogens is 1. The molecule has 0 aromatic carbocycles. The van der Waals surface area contributed by atoms with E-state index in [2.05, 4.69) is 4.98 Å². The molecule has 0 fully saturated rings. The molecule has 0 aliphatic rings. The number of hydrogen-bond acceptors (Lipinski definition) is 2. The highest BCUT2D eigenvalue weighted by molar-refractivity contribution is 5.89. The molecule has 0 unspecified atom stereocenters. The lowest BCUT2D eigenvalue weighted by Gasteiger charge is -1.99. The van der Waals surface area contributed by atoms with Crippen molar-refractivity contribution < 1.29 is 9.53 Å². The molecule has 1 heterocycles. The van der Waals surface area contributed by atoms with E-state index in [0.29, 0.717) is 12.3 Å². The van der Waals surface area contributed by atoms with Crippen LogP contribution in [0.2, 0.25) is 0 Å². The summed E-state index contributed by atoms with van der Waals surface area (Å²) in [6, 6.07) is 0. The predicted molar refractivity (Wildman–Crippen MR) is 46.2 cm³/mol. The van der Waals surface area contributed by atoms with Crippen molar-refractivity contribution in [2.75, 3.05) is 6.61 Å². The molecule has 1 N–H and O–H groups in total. The van der Waals surface area contributed by atoms with Crippen LogP contribution in [-0.4, -0.2) is 17.6 Å². The second-order valence-electron chi connectivity index (χ2n) is 2.69. The summed E-state index contributed by atoms with van der Waals surface area (Å²) >= 11 is 0. The fraction of sp³-hybridized carbons (Fsp3) is 0.444. The van der Waals surface area contributed by atoms with Gasteiger partial charge in [-0.05, 0) is 31.9 Å². The molecule has 0 aliphatic heterocycles. The minimum Gasteiger partial charge on any atom is -0.461 e. The number of aromatic nitrogens is 1. The van der Waals surface area contributed by atoms with Gasteiger partial charge in [-0.15, -0.1) is 0 Å². The fourth-order valence-electron chi connectivity index (χ4n) is 1.01. The number of nitrogens with one attached hydrogen (secondary N) is 1. The first-order chi connectivity index (χ1) is 5.66. The molecule has 0 amide bonds. The summed E-state index contributed by atoms with van der Waals surface area (Å²) < 4.78 is 4.85. The SMILES string of the molecule is CCOC(=O)c1[nH]cc(C)c1C. The summed E-state index contributed by atoms with van der Waals surface area (Å²) in [6.45, 7) is 6.06. The Morgan fingerprint density at radius 2 is 2.25 bits per heavy atom. The quantitative estimate of drug-likeness (QED) is 0.682. The number of aromatic amines is 1. The van der Waals surface area contributed by atoms with E-state index >= 15 is 0 Å². The van der Waals surface area contributed by atoms with Crippen LogP contribution in [0.15, 0.2) is 6.20 Å². The average molecular weight is 167 g/mol. The van der Waals surface area contributed by atoms with Crippen molar-refractivity contribution >= 4 is 5.97 Å². The molecule has 0 atom stereocenters. The monoisotopic (exact) mass is 167 g/mol. The molecular weight excluding hydrogens is 154 g/mol. The molecule has 0 saturated heterocycles. The molecule has 3 heteroatoms. The fourth-order valence-corrected chi connectivity index (χ4v) is 1.01. The maximum Gasteiger partial charge on any atom is 0.355 e. The lowest BCUT2D eigenvalue weighted by atomic mass is 10.2. The zero-order valence-electron chi connectivity index (χ0n) is 7.60. The Morgan fingerprint density at radius 1 is 1.58 bits per heavy atom. The second-order valence-corrected chi connectivity index (χ2v) is 2.69. The lowest BCUT2D eigenvalue weighted by molar-refractivity contribution is 0.0519. The van der Waals surface area contributed by atoms with Crippen LogP contribution in [0.3, 0.4) is 0 Å². The first kappa shape index (κ1) is 8.84. The number of ether oxygens (including phenoxy) is 1. The van der Waals surface area contributed by atoms with E-state index in [-0.39, 0.29) is 5.97 Å². The van der Waals surface area contributed by atoms with Crippen molar-refractivity contribution in [3.8, 4) is 0 Å². The smallest absolute Gasteiger partial charge is 0.355 e. The molecule has 3 nitrogen and oxygen atoms in total. The van der Waals surface area contributed by atoms with Gasteiger partial charge in [-0.1, -0.05) is 0 Å². The molecule has 0 bridgehead atoms. The molecule has 0 radical (unpaired) electrons. The van der Waals surface area contributed by atoms with Gasteiger partial charge in [-0.2, -0.15) is 0 Å². The van der Waals surface area contributed by atoms with E-state index < -0.39 is 0 Å². The molecule has 12 heavy (non-hydrogen) atoms. The highest BCUT2D eigenvalue weighted by Crippen LogP contribution is 2.11. The van der Waals surface area contributed by atoms with Gasteiger partial charge in [0.25, 0.3) is 0 Å². The predicted octanol–water partition coefficient (Wildman–Crippen LogP) is 1.81. The number of carbonyl (C=O) groups excluding carboxylic acids is 1. The maximum atomic E-state index is 11.2. The highest BCUT2D eigenvalue weighted by atomic mass is 16.5. The van der Waals surface area contributed by atoms with Crippen molar-refractivity contribution in [1.82, 2.24) is 4.98 Å². The minimum atomic E-state index is -0.275. The number of aryl methyl sites for hydroxylation is 1. The summed E-state index contributed by atoms with van der Waals surface area (Å²) in [5.74, 6) is -0.275. The van der Waals surface area contributed by atoms with E-state index in [4.69, 9.17) is 4.74 Å². The van der Waals surface area contributed by atoms with E-state index in [9.17, 15) is 4.79 Å². The summed E-state index contributed by atoms with van der Waals surface area (Å²) in [7, 11) is 0. The van der Waals surface area contributed by atoms with Gasteiger partial charge in [0.2, 0.25) is 0 Å².